The van der Waals surface area contributed by atoms with Crippen molar-refractivity contribution in [1.82, 2.24) is 9.38 Å². The molecule has 142 valence electrons. The average Bonchev–Trinajstić information content (AvgIpc) is 3.11. The molecule has 0 radical (unpaired) electrons. The predicted octanol–water partition coefficient (Wildman–Crippen LogP) is 5.30. The number of thiazole rings is 1. The first-order valence-corrected chi connectivity index (χ1v) is 10.1. The number of hydrogen-bond donors (Lipinski definition) is 0. The quantitative estimate of drug-likeness (QED) is 0.475. The Labute approximate surface area is 168 Å². The van der Waals surface area contributed by atoms with Gasteiger partial charge in [-0.05, 0) is 28.7 Å². The Hall–Kier alpha value is -2.92. The van der Waals surface area contributed by atoms with E-state index in [1.54, 1.807) is 10.5 Å². The molecule has 0 atom stereocenters. The van der Waals surface area contributed by atoms with Crippen molar-refractivity contribution in [2.24, 2.45) is 0 Å². The summed E-state index contributed by atoms with van der Waals surface area (Å²) in [6, 6.07) is 19.5. The molecule has 5 heteroatoms. The van der Waals surface area contributed by atoms with Crippen LogP contribution < -0.4 is 10.3 Å². The van der Waals surface area contributed by atoms with Gasteiger partial charge >= 0.3 is 0 Å². The van der Waals surface area contributed by atoms with E-state index in [0.29, 0.717) is 10.7 Å². The van der Waals surface area contributed by atoms with Gasteiger partial charge in [-0.25, -0.2) is 4.98 Å². The van der Waals surface area contributed by atoms with Gasteiger partial charge in [0.1, 0.15) is 12.4 Å². The molecular weight excluding hydrogens is 368 g/mol. The highest BCUT2D eigenvalue weighted by atomic mass is 32.1. The minimum absolute atomic E-state index is 0.0909. The second kappa shape index (κ2) is 7.24. The Bertz CT molecular complexity index is 1150. The third kappa shape index (κ3) is 3.71. The Morgan fingerprint density at radius 3 is 2.43 bits per heavy atom. The summed E-state index contributed by atoms with van der Waals surface area (Å²) in [5.74, 6) is 0.770. The first-order valence-electron chi connectivity index (χ1n) is 9.21. The number of rotatable bonds is 4. The van der Waals surface area contributed by atoms with Gasteiger partial charge in [0.15, 0.2) is 4.96 Å². The first-order chi connectivity index (χ1) is 13.4. The highest BCUT2D eigenvalue weighted by Gasteiger charge is 2.14. The van der Waals surface area contributed by atoms with Gasteiger partial charge in [-0.15, -0.1) is 11.3 Å². The normalized spacial score (nSPS) is 11.7. The number of ether oxygens (including phenoxy) is 1. The summed E-state index contributed by atoms with van der Waals surface area (Å²) >= 11 is 1.46. The molecule has 4 rings (SSSR count). The fourth-order valence-corrected chi connectivity index (χ4v) is 3.98. The van der Waals surface area contributed by atoms with E-state index in [4.69, 9.17) is 4.74 Å². The lowest BCUT2D eigenvalue weighted by atomic mass is 9.87. The minimum atomic E-state index is -0.0909. The fraction of sp³-hybridized carbons (Fsp3) is 0.217. The maximum absolute atomic E-state index is 12.7. The van der Waals surface area contributed by atoms with Crippen molar-refractivity contribution in [3.8, 4) is 17.0 Å². The van der Waals surface area contributed by atoms with Crippen molar-refractivity contribution in [1.29, 1.82) is 0 Å². The van der Waals surface area contributed by atoms with E-state index < -0.39 is 0 Å². The van der Waals surface area contributed by atoms with Gasteiger partial charge in [0.25, 0.3) is 5.56 Å². The molecule has 0 bridgehead atoms. The minimum Gasteiger partial charge on any atom is -0.487 e. The van der Waals surface area contributed by atoms with Crippen molar-refractivity contribution in [2.75, 3.05) is 0 Å². The van der Waals surface area contributed by atoms with Crippen LogP contribution in [-0.4, -0.2) is 9.38 Å². The van der Waals surface area contributed by atoms with E-state index in [2.05, 4.69) is 37.9 Å². The van der Waals surface area contributed by atoms with Crippen molar-refractivity contribution in [3.05, 3.63) is 87.7 Å². The van der Waals surface area contributed by atoms with Crippen LogP contribution in [0.2, 0.25) is 0 Å². The second-order valence-corrected chi connectivity index (χ2v) is 8.59. The summed E-state index contributed by atoms with van der Waals surface area (Å²) in [5, 5.41) is 1.97. The highest BCUT2D eigenvalue weighted by Crippen LogP contribution is 2.25. The van der Waals surface area contributed by atoms with Crippen LogP contribution in [0.5, 0.6) is 5.75 Å². The van der Waals surface area contributed by atoms with Crippen molar-refractivity contribution in [2.45, 2.75) is 32.8 Å². The molecule has 0 unspecified atom stereocenters. The van der Waals surface area contributed by atoms with E-state index in [1.165, 1.54) is 16.9 Å². The van der Waals surface area contributed by atoms with E-state index >= 15 is 0 Å². The van der Waals surface area contributed by atoms with Gasteiger partial charge < -0.3 is 4.74 Å². The van der Waals surface area contributed by atoms with E-state index in [0.717, 1.165) is 17.0 Å². The molecule has 2 aromatic heterocycles. The zero-order valence-corrected chi connectivity index (χ0v) is 17.0. The topological polar surface area (TPSA) is 43.6 Å². The summed E-state index contributed by atoms with van der Waals surface area (Å²) in [6.45, 7) is 6.81. The summed E-state index contributed by atoms with van der Waals surface area (Å²) in [6.07, 6.45) is 0. The molecule has 0 aliphatic rings. The smallest absolute Gasteiger partial charge is 0.259 e. The molecule has 28 heavy (non-hydrogen) atoms. The maximum atomic E-state index is 12.7. The number of hydrogen-bond acceptors (Lipinski definition) is 4. The summed E-state index contributed by atoms with van der Waals surface area (Å²) in [7, 11) is 0. The molecule has 0 fully saturated rings. The lowest BCUT2D eigenvalue weighted by Gasteiger charge is -2.19. The van der Waals surface area contributed by atoms with Crippen LogP contribution in [0.25, 0.3) is 16.2 Å². The largest absolute Gasteiger partial charge is 0.487 e. The van der Waals surface area contributed by atoms with Crippen molar-refractivity contribution >= 4 is 16.3 Å². The maximum Gasteiger partial charge on any atom is 0.259 e. The molecule has 2 heterocycles. The zero-order valence-electron chi connectivity index (χ0n) is 16.2. The van der Waals surface area contributed by atoms with Crippen LogP contribution in [-0.2, 0) is 12.0 Å². The number of benzene rings is 2. The van der Waals surface area contributed by atoms with Crippen LogP contribution >= 0.6 is 11.3 Å². The Kier molecular flexibility index (Phi) is 4.77. The van der Waals surface area contributed by atoms with E-state index in [-0.39, 0.29) is 17.6 Å². The first kappa shape index (κ1) is 18.4. The summed E-state index contributed by atoms with van der Waals surface area (Å²) in [4.78, 5) is 18.0. The number of nitrogens with zero attached hydrogens (tertiary/aromatic N) is 2. The van der Waals surface area contributed by atoms with Gasteiger partial charge in [0.05, 0.1) is 11.4 Å². The lowest BCUT2D eigenvalue weighted by Crippen LogP contribution is -2.16. The van der Waals surface area contributed by atoms with E-state index in [9.17, 15) is 4.79 Å². The molecule has 0 N–H and O–H groups in total. The Balaban J connectivity index is 1.57. The number of aromatic nitrogens is 2. The van der Waals surface area contributed by atoms with Crippen LogP contribution in [0, 0.1) is 0 Å². The standard InChI is InChI=1S/C23H22N2O2S/c1-23(2,3)17-9-11-19(12-10-17)27-14-18-13-21(26)25-20(15-28-22(25)24-18)16-7-5-4-6-8-16/h4-13,15H,14H2,1-3H3. The summed E-state index contributed by atoms with van der Waals surface area (Å²) in [5.41, 5.74) is 3.77. The Morgan fingerprint density at radius 1 is 1.04 bits per heavy atom. The van der Waals surface area contributed by atoms with Gasteiger partial charge in [-0.3, -0.25) is 9.20 Å². The van der Waals surface area contributed by atoms with Crippen LogP contribution in [0.4, 0.5) is 0 Å². The second-order valence-electron chi connectivity index (χ2n) is 7.75. The third-order valence-corrected chi connectivity index (χ3v) is 5.46. The summed E-state index contributed by atoms with van der Waals surface area (Å²) < 4.78 is 7.50. The van der Waals surface area contributed by atoms with Gasteiger partial charge in [-0.2, -0.15) is 0 Å². The molecular formula is C23H22N2O2S. The van der Waals surface area contributed by atoms with Gasteiger partial charge in [0, 0.05) is 11.4 Å². The van der Waals surface area contributed by atoms with Crippen LogP contribution in [0.3, 0.4) is 0 Å². The molecule has 0 amide bonds. The molecule has 4 aromatic rings. The monoisotopic (exact) mass is 390 g/mol. The molecule has 0 saturated carbocycles. The lowest BCUT2D eigenvalue weighted by molar-refractivity contribution is 0.301. The predicted molar refractivity (Wildman–Crippen MR) is 114 cm³/mol. The van der Waals surface area contributed by atoms with Crippen LogP contribution in [0.1, 0.15) is 32.0 Å². The molecule has 0 spiro atoms. The third-order valence-electron chi connectivity index (χ3n) is 4.63. The van der Waals surface area contributed by atoms with Gasteiger partial charge in [-0.1, -0.05) is 63.2 Å². The molecule has 0 saturated heterocycles. The van der Waals surface area contributed by atoms with Gasteiger partial charge in [0.2, 0.25) is 0 Å². The highest BCUT2D eigenvalue weighted by molar-refractivity contribution is 7.15. The van der Waals surface area contributed by atoms with E-state index in [1.807, 2.05) is 47.8 Å². The van der Waals surface area contributed by atoms with Crippen molar-refractivity contribution < 1.29 is 4.74 Å². The Morgan fingerprint density at radius 2 is 1.75 bits per heavy atom. The number of fused-ring (bicyclic) bond motifs is 1. The molecule has 4 nitrogen and oxygen atoms in total. The molecule has 2 aromatic carbocycles. The average molecular weight is 391 g/mol. The fourth-order valence-electron chi connectivity index (χ4n) is 3.06. The molecule has 0 aliphatic carbocycles. The SMILES string of the molecule is CC(C)(C)c1ccc(OCc2cc(=O)n3c(-c4ccccc4)csc3n2)cc1. The zero-order chi connectivity index (χ0) is 19.7. The van der Waals surface area contributed by atoms with Crippen LogP contribution in [0.15, 0.2) is 70.8 Å². The van der Waals surface area contributed by atoms with Crippen molar-refractivity contribution in [3.63, 3.8) is 0 Å². The molecule has 0 aliphatic heterocycles.